The smallest absolute Gasteiger partial charge is 0.232 e. The first kappa shape index (κ1) is 46.8. The molecule has 20 atom stereocenters. The molecule has 4 aliphatic rings. The number of nitrogens with two attached hydrogens (primary N) is 1. The zero-order valence-corrected chi connectivity index (χ0v) is 30.3. The molecule has 56 heavy (non-hydrogen) atoms. The van der Waals surface area contributed by atoms with Crippen molar-refractivity contribution in [1.29, 1.82) is 0 Å². The quantitative estimate of drug-likeness (QED) is 0.0347. The number of unbranched alkanes of at least 4 members (excludes halogenated alkanes) is 2. The molecule has 1 amide bonds. The predicted octanol–water partition coefficient (Wildman–Crippen LogP) is -8.17. The van der Waals surface area contributed by atoms with E-state index in [1.54, 1.807) is 0 Å². The first-order valence-electron chi connectivity index (χ1n) is 18.1. The largest absolute Gasteiger partial charge is 0.394 e. The molecule has 0 aliphatic carbocycles. The van der Waals surface area contributed by atoms with Crippen molar-refractivity contribution in [3.63, 3.8) is 0 Å². The van der Waals surface area contributed by atoms with E-state index in [0.29, 0.717) is 25.8 Å². The Balaban J connectivity index is 1.48. The van der Waals surface area contributed by atoms with Crippen LogP contribution in [-0.4, -0.2) is 229 Å². The van der Waals surface area contributed by atoms with Crippen LogP contribution in [0.15, 0.2) is 0 Å². The molecule has 4 saturated heterocycles. The molecule has 0 radical (unpaired) electrons. The van der Waals surface area contributed by atoms with Crippen LogP contribution in [0.4, 0.5) is 0 Å². The topological polar surface area (TPSA) is 395 Å². The number of ether oxygens (including phenoxy) is 8. The van der Waals surface area contributed by atoms with Crippen molar-refractivity contribution in [1.82, 2.24) is 5.32 Å². The fourth-order valence-electron chi connectivity index (χ4n) is 6.84. The molecule has 0 spiro atoms. The molecule has 326 valence electrons. The van der Waals surface area contributed by atoms with Crippen LogP contribution in [0.3, 0.4) is 0 Å². The average molecular weight is 822 g/mol. The Bertz CT molecular complexity index is 1230. The van der Waals surface area contributed by atoms with Crippen LogP contribution in [0.25, 0.3) is 0 Å². The van der Waals surface area contributed by atoms with Crippen LogP contribution in [0.5, 0.6) is 0 Å². The number of nitrogens with one attached hydrogen (secondary N) is 1. The number of nitro groups is 1. The third-order valence-electron chi connectivity index (χ3n) is 9.87. The number of aliphatic hydroxyl groups excluding tert-OH is 11. The SMILES string of the molecule is CC(=O)N[C@H]1C(O)[C@@H](O)C(CO)O[C@H]1O[C@@H]1C(O)[C@@H](O[C@H]2C(CO)O[C@@H](O[C@@H]3C(C[N+](=O)[O-])O[C@@H](OCCCCCN)[C@@H](O)C3O)[C@@H](O)C2O)OC(CO)[C@@H]1O. The first-order chi connectivity index (χ1) is 26.6. The van der Waals surface area contributed by atoms with Crippen molar-refractivity contribution >= 4 is 5.91 Å². The molecule has 0 saturated carbocycles. The number of nitrogens with zero attached hydrogens (tertiary/aromatic N) is 1. The van der Waals surface area contributed by atoms with Gasteiger partial charge in [-0.15, -0.1) is 0 Å². The van der Waals surface area contributed by atoms with Crippen molar-refractivity contribution in [2.45, 2.75) is 149 Å². The van der Waals surface area contributed by atoms with Gasteiger partial charge in [0.25, 0.3) is 0 Å². The number of carbonyl (C=O) groups is 1. The van der Waals surface area contributed by atoms with E-state index < -0.39 is 160 Å². The second kappa shape index (κ2) is 21.4. The number of amides is 1. The summed E-state index contributed by atoms with van der Waals surface area (Å²) < 4.78 is 44.8. The Kier molecular flexibility index (Phi) is 17.8. The van der Waals surface area contributed by atoms with Crippen molar-refractivity contribution in [3.8, 4) is 0 Å². The highest BCUT2D eigenvalue weighted by Crippen LogP contribution is 2.34. The molecule has 0 aromatic carbocycles. The predicted molar refractivity (Wildman–Crippen MR) is 177 cm³/mol. The zero-order valence-electron chi connectivity index (χ0n) is 30.3. The summed E-state index contributed by atoms with van der Waals surface area (Å²) in [4.78, 5) is 22.6. The Hall–Kier alpha value is -1.93. The third kappa shape index (κ3) is 11.0. The lowest BCUT2D eigenvalue weighted by atomic mass is 9.95. The molecule has 0 aromatic rings. The van der Waals surface area contributed by atoms with Gasteiger partial charge in [-0.2, -0.15) is 0 Å². The van der Waals surface area contributed by atoms with E-state index in [2.05, 4.69) is 5.32 Å². The van der Waals surface area contributed by atoms with Crippen molar-refractivity contribution < 1.29 is 104 Å². The maximum atomic E-state index is 11.9. The third-order valence-corrected chi connectivity index (χ3v) is 9.87. The zero-order chi connectivity index (χ0) is 41.4. The standard InChI is InChI=1S/C31H55N3O22/c1-11(38)33-16-19(41)17(39)13(8-35)51-28(16)56-27-18(40)14(9-36)52-31(24(27)46)55-26-15(10-37)53-30(23(45)21(26)43)54-25-12(7-34(47)48)50-29(22(44)20(25)42)49-6-4-2-3-5-32/h12-31,35-37,39-46H,2-10,32H2,1H3,(H,33,38)/t12?,13?,14?,15?,16-,17-,18-,19?,20?,21?,22-,23-,24?,25+,26-,27-,28-,29+,30-,31+/m0/s1. The Morgan fingerprint density at radius 3 is 1.70 bits per heavy atom. The average Bonchev–Trinajstić information content (AvgIpc) is 3.16. The van der Waals surface area contributed by atoms with E-state index in [4.69, 9.17) is 43.6 Å². The van der Waals surface area contributed by atoms with E-state index >= 15 is 0 Å². The highest BCUT2D eigenvalue weighted by Gasteiger charge is 2.56. The van der Waals surface area contributed by atoms with Crippen LogP contribution in [0, 0.1) is 10.1 Å². The van der Waals surface area contributed by atoms with Gasteiger partial charge in [0.05, 0.1) is 19.8 Å². The van der Waals surface area contributed by atoms with Crippen LogP contribution in [-0.2, 0) is 42.7 Å². The molecular formula is C31H55N3O22. The van der Waals surface area contributed by atoms with Crippen molar-refractivity contribution in [2.75, 3.05) is 39.5 Å². The van der Waals surface area contributed by atoms with Crippen LogP contribution < -0.4 is 11.1 Å². The minimum absolute atomic E-state index is 0.0645. The fraction of sp³-hybridized carbons (Fsp3) is 0.968. The van der Waals surface area contributed by atoms with Gasteiger partial charge in [-0.3, -0.25) is 14.9 Å². The molecule has 0 aromatic heterocycles. The lowest BCUT2D eigenvalue weighted by molar-refractivity contribution is -0.505. The number of hydrogen-bond donors (Lipinski definition) is 13. The van der Waals surface area contributed by atoms with Gasteiger partial charge in [-0.1, -0.05) is 0 Å². The summed E-state index contributed by atoms with van der Waals surface area (Å²) in [6.07, 6.45) is -32.1. The van der Waals surface area contributed by atoms with E-state index in [1.165, 1.54) is 0 Å². The monoisotopic (exact) mass is 821 g/mol. The summed E-state index contributed by atoms with van der Waals surface area (Å²) in [5.41, 5.74) is 5.47. The highest BCUT2D eigenvalue weighted by atomic mass is 16.8. The summed E-state index contributed by atoms with van der Waals surface area (Å²) in [5.74, 6) is -0.705. The Labute approximate surface area is 319 Å². The van der Waals surface area contributed by atoms with Gasteiger partial charge in [0.2, 0.25) is 12.5 Å². The van der Waals surface area contributed by atoms with Gasteiger partial charge in [0.15, 0.2) is 31.3 Å². The van der Waals surface area contributed by atoms with Gasteiger partial charge in [0, 0.05) is 18.5 Å². The molecule has 14 N–H and O–H groups in total. The van der Waals surface area contributed by atoms with Crippen LogP contribution in [0.2, 0.25) is 0 Å². The van der Waals surface area contributed by atoms with Crippen molar-refractivity contribution in [3.05, 3.63) is 10.1 Å². The Morgan fingerprint density at radius 2 is 1.12 bits per heavy atom. The highest BCUT2D eigenvalue weighted by molar-refractivity contribution is 5.73. The summed E-state index contributed by atoms with van der Waals surface area (Å²) in [5, 5.41) is 131. The second-order valence-electron chi connectivity index (χ2n) is 13.9. The van der Waals surface area contributed by atoms with Gasteiger partial charge in [0.1, 0.15) is 91.5 Å². The molecule has 0 bridgehead atoms. The summed E-state index contributed by atoms with van der Waals surface area (Å²) >= 11 is 0. The van der Waals surface area contributed by atoms with E-state index in [0.717, 1.165) is 6.92 Å². The fourth-order valence-corrected chi connectivity index (χ4v) is 6.84. The minimum atomic E-state index is -2.11. The molecule has 4 fully saturated rings. The number of hydrogen-bond acceptors (Lipinski definition) is 23. The van der Waals surface area contributed by atoms with Gasteiger partial charge < -0.3 is 105 Å². The van der Waals surface area contributed by atoms with Gasteiger partial charge in [-0.25, -0.2) is 0 Å². The normalized spacial score (nSPS) is 44.7. The number of carbonyl (C=O) groups excluding carboxylic acids is 1. The Morgan fingerprint density at radius 1 is 0.625 bits per heavy atom. The van der Waals surface area contributed by atoms with E-state index in [-0.39, 0.29) is 6.61 Å². The van der Waals surface area contributed by atoms with E-state index in [1.807, 2.05) is 0 Å². The maximum Gasteiger partial charge on any atom is 0.232 e. The van der Waals surface area contributed by atoms with Crippen molar-refractivity contribution in [2.24, 2.45) is 5.73 Å². The molecule has 8 unspecified atom stereocenters. The molecular weight excluding hydrogens is 766 g/mol. The van der Waals surface area contributed by atoms with Gasteiger partial charge in [-0.05, 0) is 25.8 Å². The molecule has 4 rings (SSSR count). The first-order valence-corrected chi connectivity index (χ1v) is 18.1. The molecule has 25 heteroatoms. The summed E-state index contributed by atoms with van der Waals surface area (Å²) in [6.45, 7) is -2.07. The minimum Gasteiger partial charge on any atom is -0.394 e. The van der Waals surface area contributed by atoms with Crippen LogP contribution >= 0.6 is 0 Å². The molecule has 25 nitrogen and oxygen atoms in total. The summed E-state index contributed by atoms with van der Waals surface area (Å²) in [6, 6.07) is -1.51. The maximum absolute atomic E-state index is 11.9. The van der Waals surface area contributed by atoms with Crippen LogP contribution in [0.1, 0.15) is 26.2 Å². The lowest BCUT2D eigenvalue weighted by Gasteiger charge is -2.49. The number of aliphatic hydroxyl groups is 11. The van der Waals surface area contributed by atoms with Gasteiger partial charge >= 0.3 is 0 Å². The van der Waals surface area contributed by atoms with E-state index in [9.17, 15) is 71.1 Å². The molecule has 4 heterocycles. The number of rotatable bonds is 18. The second-order valence-corrected chi connectivity index (χ2v) is 13.9. The molecule has 4 aliphatic heterocycles. The summed E-state index contributed by atoms with van der Waals surface area (Å²) in [7, 11) is 0. The lowest BCUT2D eigenvalue weighted by Crippen LogP contribution is -2.69.